The van der Waals surface area contributed by atoms with E-state index >= 15 is 0 Å². The van der Waals surface area contributed by atoms with Crippen molar-refractivity contribution in [1.82, 2.24) is 0 Å². The third-order valence-electron chi connectivity index (χ3n) is 4.59. The molecule has 0 spiro atoms. The average molecular weight is 490 g/mol. The number of nitrogens with zero attached hydrogens (tertiary/aromatic N) is 1. The second-order valence-electron chi connectivity index (χ2n) is 6.91. The van der Waals surface area contributed by atoms with E-state index in [1.165, 1.54) is 64.2 Å². The predicted molar refractivity (Wildman–Crippen MR) is 102 cm³/mol. The Labute approximate surface area is 160 Å². The molecule has 23 heavy (non-hydrogen) atoms. The molecule has 0 bridgehead atoms. The second-order valence-corrected chi connectivity index (χ2v) is 7.63. The molecule has 0 aromatic rings. The maximum atomic E-state index is 4.25. The zero-order valence-corrected chi connectivity index (χ0v) is 19.8. The van der Waals surface area contributed by atoms with E-state index in [9.17, 15) is 0 Å². The van der Waals surface area contributed by atoms with Gasteiger partial charge in [0.1, 0.15) is 0 Å². The van der Waals surface area contributed by atoms with Crippen LogP contribution in [0.3, 0.4) is 0 Å². The smallest absolute Gasteiger partial charge is 0.0465 e. The normalized spacial score (nSPS) is 18.1. The van der Waals surface area contributed by atoms with Gasteiger partial charge < -0.3 is 19.8 Å². The molecule has 1 nitrogen and oxygen atoms in total. The van der Waals surface area contributed by atoms with Crippen molar-refractivity contribution in [2.45, 2.75) is 111 Å². The summed E-state index contributed by atoms with van der Waals surface area (Å²) >= 11 is 1.16. The monoisotopic (exact) mass is 489 g/mol. The van der Waals surface area contributed by atoms with Gasteiger partial charge >= 0.3 is 57.0 Å². The number of hydrogen-bond acceptors (Lipinski definition) is 1. The van der Waals surface area contributed by atoms with Crippen molar-refractivity contribution >= 4 is 0 Å². The van der Waals surface area contributed by atoms with Gasteiger partial charge in [0.25, 0.3) is 0 Å². The first kappa shape index (κ1) is 25.8. The molecule has 0 N–H and O–H groups in total. The van der Waals surface area contributed by atoms with E-state index in [2.05, 4.69) is 50.8 Å². The summed E-state index contributed by atoms with van der Waals surface area (Å²) in [7, 11) is 0. The number of rotatable bonds is 3. The first-order chi connectivity index (χ1) is 11.1. The maximum Gasteiger partial charge on any atom is -0.0465 e. The van der Waals surface area contributed by atoms with E-state index in [1.807, 2.05) is 0 Å². The van der Waals surface area contributed by atoms with Crippen molar-refractivity contribution in [2.24, 2.45) is 9.26 Å². The molecular weight excluding hydrogens is 447 g/mol. The molecule has 139 valence electrons. The summed E-state index contributed by atoms with van der Waals surface area (Å²) in [6.07, 6.45) is 20.1. The van der Waals surface area contributed by atoms with Gasteiger partial charge in [0.2, 0.25) is 0 Å². The minimum Gasteiger partial charge on any atom is -0.346 e. The van der Waals surface area contributed by atoms with Crippen LogP contribution in [0.2, 0.25) is 0 Å². The predicted octanol–water partition coefficient (Wildman–Crippen LogP) is 7.69. The van der Waals surface area contributed by atoms with Crippen LogP contribution in [0.25, 0.3) is 0 Å². The van der Waals surface area contributed by atoms with Crippen LogP contribution in [0.5, 0.6) is 0 Å². The van der Waals surface area contributed by atoms with Gasteiger partial charge in [0, 0.05) is 0 Å². The molecule has 0 aromatic carbocycles. The average Bonchev–Trinajstić information content (AvgIpc) is 2.66. The molecule has 0 aliphatic heterocycles. The number of hydrogen-bond donors (Lipinski definition) is 0. The molecule has 2 saturated carbocycles. The minimum absolute atomic E-state index is 0.258. The van der Waals surface area contributed by atoms with Gasteiger partial charge in [-0.25, -0.2) is 0 Å². The zero-order valence-electron chi connectivity index (χ0n) is 16.6. The van der Waals surface area contributed by atoms with E-state index in [4.69, 9.17) is 0 Å². The van der Waals surface area contributed by atoms with Gasteiger partial charge in [-0.3, -0.25) is 0 Å². The molecule has 0 unspecified atom stereocenters. The topological polar surface area (TPSA) is 12.4 Å². The Kier molecular flexibility index (Phi) is 21.2. The summed E-state index contributed by atoms with van der Waals surface area (Å²) in [5.74, 6) is 1.06. The molecule has 2 aliphatic carbocycles. The van der Waals surface area contributed by atoms with E-state index in [0.717, 1.165) is 33.2 Å². The van der Waals surface area contributed by atoms with Crippen LogP contribution in [-0.4, -0.2) is 5.54 Å². The van der Waals surface area contributed by atoms with Crippen molar-refractivity contribution in [3.05, 3.63) is 19.8 Å². The van der Waals surface area contributed by atoms with Gasteiger partial charge in [-0.2, -0.15) is 32.6 Å². The van der Waals surface area contributed by atoms with Crippen molar-refractivity contribution < 1.29 is 20.9 Å². The Balaban J connectivity index is 0. The van der Waals surface area contributed by atoms with Crippen LogP contribution >= 0.6 is 0 Å². The standard InChI is InChI=1S/C8H15.C6H11.C5H11N.C2H5.Ta/c1-2-8-6-4-3-5-7-8;1-2-4-6-5-3-1;1-4-5(2,3)6;1-2;/h3,8H,2,4-7H2,1H3;1H,2-6H2;4H2,1-3H3;1H2,2H3;/q2*-1;;-1;. The fourth-order valence-corrected chi connectivity index (χ4v) is 2.88. The van der Waals surface area contributed by atoms with Crippen molar-refractivity contribution in [1.29, 1.82) is 0 Å². The zero-order chi connectivity index (χ0) is 18.0. The third-order valence-corrected chi connectivity index (χ3v) is 6.53. The summed E-state index contributed by atoms with van der Waals surface area (Å²) in [5, 5.41) is 0. The molecule has 0 amide bonds. The molecule has 2 heteroatoms. The Morgan fingerprint density at radius 1 is 0.957 bits per heavy atom. The Morgan fingerprint density at radius 2 is 1.43 bits per heavy atom. The van der Waals surface area contributed by atoms with Gasteiger partial charge in [-0.05, 0) is 5.92 Å². The van der Waals surface area contributed by atoms with Crippen LogP contribution in [0, 0.1) is 25.7 Å². The Hall–Kier alpha value is 0.540. The Morgan fingerprint density at radius 3 is 1.61 bits per heavy atom. The summed E-state index contributed by atoms with van der Waals surface area (Å²) in [6.45, 7) is 13.8. The first-order valence-corrected chi connectivity index (χ1v) is 11.2. The largest absolute Gasteiger partial charge is 0.346 e. The Bertz CT molecular complexity index is 216. The molecule has 2 rings (SSSR count). The molecule has 2 aliphatic rings. The van der Waals surface area contributed by atoms with Crippen LogP contribution < -0.4 is 0 Å². The third kappa shape index (κ3) is 18.7. The van der Waals surface area contributed by atoms with E-state index in [0.29, 0.717) is 0 Å². The summed E-state index contributed by atoms with van der Waals surface area (Å²) in [6, 6.07) is 0. The molecule has 0 saturated heterocycles. The summed E-state index contributed by atoms with van der Waals surface area (Å²) in [5.41, 5.74) is 0.258. The summed E-state index contributed by atoms with van der Waals surface area (Å²) in [4.78, 5) is 0. The van der Waals surface area contributed by atoms with Crippen LogP contribution in [0.4, 0.5) is 0 Å². The summed E-state index contributed by atoms with van der Waals surface area (Å²) < 4.78 is 4.25. The SMILES string of the molecule is CCC(C)(C)[N]=[Ta].CCC1CC[CH-]CC1.[CH-]1CCCCC1.[CH2-]C. The minimum atomic E-state index is 0.258. The van der Waals surface area contributed by atoms with E-state index in [1.54, 1.807) is 6.92 Å². The maximum absolute atomic E-state index is 4.25. The molecule has 2 fully saturated rings. The molecule has 0 atom stereocenters. The molecule has 0 heterocycles. The van der Waals surface area contributed by atoms with Crippen LogP contribution in [0.1, 0.15) is 105 Å². The van der Waals surface area contributed by atoms with E-state index < -0.39 is 0 Å². The fourth-order valence-electron chi connectivity index (χ4n) is 2.37. The van der Waals surface area contributed by atoms with Gasteiger partial charge in [0.15, 0.2) is 0 Å². The first-order valence-electron chi connectivity index (χ1n) is 9.76. The molecular formula is C21H42NTa-3. The van der Waals surface area contributed by atoms with Crippen molar-refractivity contribution in [3.8, 4) is 0 Å². The van der Waals surface area contributed by atoms with Crippen molar-refractivity contribution in [3.63, 3.8) is 0 Å². The quantitative estimate of drug-likeness (QED) is 0.361. The van der Waals surface area contributed by atoms with Gasteiger partial charge in [-0.15, -0.1) is 0 Å². The molecule has 0 radical (unpaired) electrons. The second kappa shape index (κ2) is 18.9. The van der Waals surface area contributed by atoms with Gasteiger partial charge in [0.05, 0.1) is 0 Å². The molecule has 0 aromatic heterocycles. The van der Waals surface area contributed by atoms with Crippen LogP contribution in [-0.2, 0) is 20.9 Å². The van der Waals surface area contributed by atoms with E-state index in [-0.39, 0.29) is 5.54 Å². The van der Waals surface area contributed by atoms with Crippen molar-refractivity contribution in [2.75, 3.05) is 0 Å². The van der Waals surface area contributed by atoms with Gasteiger partial charge in [-0.1, -0.05) is 45.4 Å². The van der Waals surface area contributed by atoms with Crippen LogP contribution in [0.15, 0.2) is 3.34 Å². The fraction of sp³-hybridized carbons (Fsp3) is 0.857.